The first-order valence-corrected chi connectivity index (χ1v) is 9.85. The predicted molar refractivity (Wildman–Crippen MR) is 96.8 cm³/mol. The Morgan fingerprint density at radius 3 is 2.24 bits per heavy atom. The van der Waals surface area contributed by atoms with E-state index in [4.69, 9.17) is 0 Å². The van der Waals surface area contributed by atoms with Gasteiger partial charge < -0.3 is 15.5 Å². The Kier molecular flexibility index (Phi) is 6.06. The maximum Gasteiger partial charge on any atom is 0.323 e. The van der Waals surface area contributed by atoms with Gasteiger partial charge in [0.1, 0.15) is 5.01 Å². The largest absolute Gasteiger partial charge is 0.335 e. The van der Waals surface area contributed by atoms with Crippen molar-refractivity contribution in [3.63, 3.8) is 0 Å². The molecule has 3 rings (SSSR count). The lowest BCUT2D eigenvalue weighted by Gasteiger charge is -2.32. The number of carbonyl (C=O) groups is 2. The number of hydrogen-bond acceptors (Lipinski definition) is 5. The predicted octanol–water partition coefficient (Wildman–Crippen LogP) is 2.47. The van der Waals surface area contributed by atoms with E-state index in [9.17, 15) is 9.59 Å². The quantitative estimate of drug-likeness (QED) is 0.765. The molecule has 1 aliphatic carbocycles. The highest BCUT2D eigenvalue weighted by Gasteiger charge is 2.25. The molecule has 2 aliphatic rings. The van der Waals surface area contributed by atoms with Crippen molar-refractivity contribution >= 4 is 28.5 Å². The summed E-state index contributed by atoms with van der Waals surface area (Å²) < 4.78 is 0. The van der Waals surface area contributed by atoms with Crippen LogP contribution in [0.4, 0.5) is 14.7 Å². The fraction of sp³-hybridized carbons (Fsp3) is 0.750. The van der Waals surface area contributed by atoms with Gasteiger partial charge in [0.25, 0.3) is 0 Å². The molecule has 1 aliphatic heterocycles. The number of carbonyl (C=O) groups excluding carboxylic acids is 2. The van der Waals surface area contributed by atoms with E-state index in [0.29, 0.717) is 24.3 Å². The van der Waals surface area contributed by atoms with E-state index in [2.05, 4.69) is 26.1 Å². The van der Waals surface area contributed by atoms with E-state index in [1.807, 2.05) is 6.92 Å². The number of aryl methyl sites for hydroxylation is 1. The smallest absolute Gasteiger partial charge is 0.323 e. The molecule has 0 unspecified atom stereocenters. The molecule has 1 aromatic rings. The molecule has 0 radical (unpaired) electrons. The number of aromatic nitrogens is 2. The minimum Gasteiger partial charge on any atom is -0.335 e. The molecule has 8 nitrogen and oxygen atoms in total. The van der Waals surface area contributed by atoms with Crippen LogP contribution in [0.3, 0.4) is 0 Å². The summed E-state index contributed by atoms with van der Waals surface area (Å²) in [5.74, 6) is 0. The second-order valence-electron chi connectivity index (χ2n) is 6.77. The monoisotopic (exact) mass is 366 g/mol. The van der Waals surface area contributed by atoms with Gasteiger partial charge >= 0.3 is 12.1 Å². The van der Waals surface area contributed by atoms with Gasteiger partial charge in [0, 0.05) is 25.2 Å². The second-order valence-corrected chi connectivity index (χ2v) is 7.95. The van der Waals surface area contributed by atoms with E-state index in [0.717, 1.165) is 30.7 Å². The third kappa shape index (κ3) is 5.29. The summed E-state index contributed by atoms with van der Waals surface area (Å²) >= 11 is 1.36. The molecule has 0 spiro atoms. The van der Waals surface area contributed by atoms with Crippen molar-refractivity contribution in [1.82, 2.24) is 25.7 Å². The zero-order valence-electron chi connectivity index (χ0n) is 14.6. The fourth-order valence-corrected chi connectivity index (χ4v) is 3.99. The summed E-state index contributed by atoms with van der Waals surface area (Å²) in [6, 6.07) is 0.215. The summed E-state index contributed by atoms with van der Waals surface area (Å²) in [6.07, 6.45) is 7.37. The third-order valence-electron chi connectivity index (χ3n) is 4.80. The Morgan fingerprint density at radius 2 is 1.64 bits per heavy atom. The molecule has 0 atom stereocenters. The number of amides is 4. The average Bonchev–Trinajstić information content (AvgIpc) is 3.01. The van der Waals surface area contributed by atoms with Gasteiger partial charge in [-0.1, -0.05) is 30.6 Å². The van der Waals surface area contributed by atoms with Crippen LogP contribution in [0.5, 0.6) is 0 Å². The summed E-state index contributed by atoms with van der Waals surface area (Å²) in [5, 5.41) is 18.0. The maximum absolute atomic E-state index is 12.2. The van der Waals surface area contributed by atoms with Gasteiger partial charge in [0.05, 0.1) is 0 Å². The standard InChI is InChI=1S/C16H26N6O2S/c1-11-20-21-15(25-11)19-16(24)22-9-7-13(8-10-22)18-14(23)17-12-5-3-2-4-6-12/h12-13H,2-10H2,1H3,(H2,17,18,23)(H,19,21,24). The molecule has 3 N–H and O–H groups in total. The Bertz CT molecular complexity index is 593. The Morgan fingerprint density at radius 1 is 1.00 bits per heavy atom. The van der Waals surface area contributed by atoms with Crippen molar-refractivity contribution in [1.29, 1.82) is 0 Å². The van der Waals surface area contributed by atoms with Crippen LogP contribution in [0.1, 0.15) is 50.0 Å². The van der Waals surface area contributed by atoms with Crippen LogP contribution in [0.25, 0.3) is 0 Å². The van der Waals surface area contributed by atoms with Crippen LogP contribution in [-0.4, -0.2) is 52.3 Å². The minimum atomic E-state index is -0.152. The van der Waals surface area contributed by atoms with Crippen molar-refractivity contribution in [2.45, 2.75) is 64.0 Å². The lowest BCUT2D eigenvalue weighted by Crippen LogP contribution is -2.51. The molecule has 138 valence electrons. The Balaban J connectivity index is 1.37. The molecule has 4 amide bonds. The first-order valence-electron chi connectivity index (χ1n) is 9.03. The van der Waals surface area contributed by atoms with Crippen molar-refractivity contribution in [3.05, 3.63) is 5.01 Å². The van der Waals surface area contributed by atoms with Crippen LogP contribution in [0.2, 0.25) is 0 Å². The molecule has 2 heterocycles. The van der Waals surface area contributed by atoms with E-state index < -0.39 is 0 Å². The second kappa shape index (κ2) is 8.46. The number of urea groups is 2. The highest BCUT2D eigenvalue weighted by Crippen LogP contribution is 2.18. The van der Waals surface area contributed by atoms with Gasteiger partial charge in [-0.25, -0.2) is 9.59 Å². The number of rotatable bonds is 3. The first kappa shape index (κ1) is 17.9. The SMILES string of the molecule is Cc1nnc(NC(=O)N2CCC(NC(=O)NC3CCCCC3)CC2)s1. The van der Waals surface area contributed by atoms with Crippen molar-refractivity contribution in [2.24, 2.45) is 0 Å². The zero-order chi connectivity index (χ0) is 17.6. The van der Waals surface area contributed by atoms with Crippen LogP contribution in [0.15, 0.2) is 0 Å². The van der Waals surface area contributed by atoms with E-state index in [-0.39, 0.29) is 18.1 Å². The first-order chi connectivity index (χ1) is 12.1. The van der Waals surface area contributed by atoms with Crippen molar-refractivity contribution < 1.29 is 9.59 Å². The van der Waals surface area contributed by atoms with Gasteiger partial charge in [0.15, 0.2) is 0 Å². The van der Waals surface area contributed by atoms with Gasteiger partial charge in [-0.3, -0.25) is 5.32 Å². The summed E-state index contributed by atoms with van der Waals surface area (Å²) in [4.78, 5) is 26.1. The molecule has 2 fully saturated rings. The molecular formula is C16H26N6O2S. The summed E-state index contributed by atoms with van der Waals surface area (Å²) in [7, 11) is 0. The Hall–Kier alpha value is -1.90. The molecule has 1 saturated heterocycles. The van der Waals surface area contributed by atoms with E-state index in [1.165, 1.54) is 30.6 Å². The minimum absolute atomic E-state index is 0.0702. The maximum atomic E-state index is 12.2. The average molecular weight is 366 g/mol. The lowest BCUT2D eigenvalue weighted by atomic mass is 9.96. The highest BCUT2D eigenvalue weighted by molar-refractivity contribution is 7.15. The normalized spacial score (nSPS) is 19.5. The molecule has 1 saturated carbocycles. The van der Waals surface area contributed by atoms with Gasteiger partial charge in [-0.15, -0.1) is 10.2 Å². The molecular weight excluding hydrogens is 340 g/mol. The lowest BCUT2D eigenvalue weighted by molar-refractivity contribution is 0.186. The molecule has 1 aromatic heterocycles. The molecule has 0 bridgehead atoms. The number of piperidine rings is 1. The summed E-state index contributed by atoms with van der Waals surface area (Å²) in [5.41, 5.74) is 0. The van der Waals surface area contributed by atoms with Gasteiger partial charge in [-0.2, -0.15) is 0 Å². The number of anilines is 1. The fourth-order valence-electron chi connectivity index (χ4n) is 3.40. The Labute approximate surface area is 151 Å². The summed E-state index contributed by atoms with van der Waals surface area (Å²) in [6.45, 7) is 3.10. The number of nitrogens with zero attached hydrogens (tertiary/aromatic N) is 3. The van der Waals surface area contributed by atoms with Crippen LogP contribution in [-0.2, 0) is 0 Å². The number of likely N-dealkylation sites (tertiary alicyclic amines) is 1. The van der Waals surface area contributed by atoms with Crippen LogP contribution >= 0.6 is 11.3 Å². The van der Waals surface area contributed by atoms with Crippen molar-refractivity contribution in [3.8, 4) is 0 Å². The highest BCUT2D eigenvalue weighted by atomic mass is 32.1. The van der Waals surface area contributed by atoms with E-state index in [1.54, 1.807) is 4.90 Å². The molecule has 0 aromatic carbocycles. The zero-order valence-corrected chi connectivity index (χ0v) is 15.4. The van der Waals surface area contributed by atoms with Crippen molar-refractivity contribution in [2.75, 3.05) is 18.4 Å². The van der Waals surface area contributed by atoms with Crippen LogP contribution in [0, 0.1) is 6.92 Å². The van der Waals surface area contributed by atoms with E-state index >= 15 is 0 Å². The molecule has 9 heteroatoms. The van der Waals surface area contributed by atoms with Crippen LogP contribution < -0.4 is 16.0 Å². The number of nitrogens with one attached hydrogen (secondary N) is 3. The third-order valence-corrected chi connectivity index (χ3v) is 5.55. The van der Waals surface area contributed by atoms with Gasteiger partial charge in [-0.05, 0) is 32.6 Å². The molecule has 25 heavy (non-hydrogen) atoms. The van der Waals surface area contributed by atoms with Gasteiger partial charge in [0.2, 0.25) is 5.13 Å². The topological polar surface area (TPSA) is 99.2 Å². The number of hydrogen-bond donors (Lipinski definition) is 3.